The highest BCUT2D eigenvalue weighted by molar-refractivity contribution is 5.89. The van der Waals surface area contributed by atoms with Crippen LogP contribution in [0.1, 0.15) is 200 Å². The Morgan fingerprint density at radius 3 is 0.977 bits per heavy atom. The molecule has 1 fully saturated rings. The van der Waals surface area contributed by atoms with Crippen LogP contribution in [0.3, 0.4) is 0 Å². The minimum absolute atomic E-state index is 0.0330. The van der Waals surface area contributed by atoms with Crippen molar-refractivity contribution in [1.82, 2.24) is 10.6 Å². The Bertz CT molecular complexity index is 643. The maximum Gasteiger partial charge on any atom is 0.243 e. The Hall–Kier alpha value is -1.58. The molecule has 2 N–H and O–H groups in total. The second-order valence-electron chi connectivity index (χ2n) is 13.3. The van der Waals surface area contributed by atoms with Gasteiger partial charge in [0.1, 0.15) is 0 Å². The monoisotopic (exact) mass is 601 g/mol. The first-order valence-electron chi connectivity index (χ1n) is 19.1. The normalized spacial score (nSPS) is 16.3. The van der Waals surface area contributed by atoms with Gasteiger partial charge in [0, 0.05) is 0 Å². The molecule has 1 aliphatic rings. The summed E-state index contributed by atoms with van der Waals surface area (Å²) in [6, 6.07) is 0.152. The number of nitrogens with one attached hydrogen (secondary N) is 2. The molecule has 0 aliphatic heterocycles. The van der Waals surface area contributed by atoms with Gasteiger partial charge in [0.05, 0.1) is 12.1 Å². The van der Waals surface area contributed by atoms with E-state index in [1.165, 1.54) is 154 Å². The van der Waals surface area contributed by atoms with Gasteiger partial charge in [-0.1, -0.05) is 180 Å². The van der Waals surface area contributed by atoms with Gasteiger partial charge in [-0.2, -0.15) is 0 Å². The van der Waals surface area contributed by atoms with E-state index in [0.717, 1.165) is 32.1 Å². The van der Waals surface area contributed by atoms with Gasteiger partial charge >= 0.3 is 0 Å². The molecule has 2 atom stereocenters. The molecule has 0 aromatic heterocycles. The zero-order valence-electron chi connectivity index (χ0n) is 28.8. The molecule has 0 heterocycles. The summed E-state index contributed by atoms with van der Waals surface area (Å²) in [4.78, 5) is 24.3. The lowest BCUT2D eigenvalue weighted by Crippen LogP contribution is -2.33. The molecule has 0 saturated heterocycles. The van der Waals surface area contributed by atoms with E-state index in [9.17, 15) is 9.59 Å². The number of allylic oxidation sites excluding steroid dienone is 2. The Morgan fingerprint density at radius 1 is 0.442 bits per heavy atom. The summed E-state index contributed by atoms with van der Waals surface area (Å²) in [5.74, 6) is -0.0659. The third-order valence-corrected chi connectivity index (χ3v) is 8.93. The third kappa shape index (κ3) is 27.7. The van der Waals surface area contributed by atoms with E-state index in [2.05, 4.69) is 24.5 Å². The van der Waals surface area contributed by atoms with Crippen LogP contribution in [0, 0.1) is 0 Å². The minimum atomic E-state index is -0.0330. The molecule has 250 valence electrons. The minimum Gasteiger partial charge on any atom is -0.348 e. The zero-order valence-corrected chi connectivity index (χ0v) is 28.8. The average molecular weight is 601 g/mol. The van der Waals surface area contributed by atoms with Gasteiger partial charge in [-0.25, -0.2) is 0 Å². The van der Waals surface area contributed by atoms with E-state index in [1.54, 1.807) is 12.2 Å². The van der Waals surface area contributed by atoms with E-state index in [0.29, 0.717) is 0 Å². The van der Waals surface area contributed by atoms with Crippen LogP contribution < -0.4 is 10.6 Å². The van der Waals surface area contributed by atoms with Crippen molar-refractivity contribution >= 4 is 11.8 Å². The Labute approximate surface area is 268 Å². The Kier molecular flexibility index (Phi) is 27.9. The van der Waals surface area contributed by atoms with Crippen molar-refractivity contribution in [2.75, 3.05) is 0 Å². The van der Waals surface area contributed by atoms with Crippen LogP contribution in [-0.4, -0.2) is 23.9 Å². The highest BCUT2D eigenvalue weighted by Gasteiger charge is 2.38. The van der Waals surface area contributed by atoms with Gasteiger partial charge in [0.2, 0.25) is 11.8 Å². The van der Waals surface area contributed by atoms with Gasteiger partial charge in [0.25, 0.3) is 0 Å². The first kappa shape index (κ1) is 39.4. The molecule has 1 rings (SSSR count). The summed E-state index contributed by atoms with van der Waals surface area (Å²) >= 11 is 0. The van der Waals surface area contributed by atoms with Gasteiger partial charge < -0.3 is 10.6 Å². The van der Waals surface area contributed by atoms with Crippen LogP contribution in [0.25, 0.3) is 0 Å². The maximum absolute atomic E-state index is 12.2. The maximum atomic E-state index is 12.2. The molecule has 0 aromatic rings. The molecule has 0 spiro atoms. The standard InChI is InChI=1S/C39H72N2O2/c1-3-5-7-9-11-13-15-17-19-21-23-25-27-29-31-33-38(42)40-36-35-37(36)41-39(43)34-32-30-28-26-24-22-20-18-16-14-12-10-8-6-4-2/h31-34,36-37H,3-30,35H2,1-2H3,(H,40,42)(H,41,43)/b33-31+,34-32+/t36-,37+. The SMILES string of the molecule is CCCCCCCCCCCCCCC/C=C/C(=O)N[C@H]1C[C@H]1NC(=O)/C=C/CCCCCCCCCCCCCCC. The molecule has 0 aromatic carbocycles. The van der Waals surface area contributed by atoms with Crippen molar-refractivity contribution in [2.24, 2.45) is 0 Å². The number of amides is 2. The van der Waals surface area contributed by atoms with E-state index in [4.69, 9.17) is 0 Å². The van der Waals surface area contributed by atoms with Crippen LogP contribution in [0.5, 0.6) is 0 Å². The van der Waals surface area contributed by atoms with Crippen molar-refractivity contribution in [1.29, 1.82) is 0 Å². The molecule has 2 amide bonds. The molecule has 4 heteroatoms. The van der Waals surface area contributed by atoms with Gasteiger partial charge in [-0.3, -0.25) is 9.59 Å². The number of carbonyl (C=O) groups excluding carboxylic acids is 2. The van der Waals surface area contributed by atoms with Crippen LogP contribution in [-0.2, 0) is 9.59 Å². The quantitative estimate of drug-likeness (QED) is 0.0596. The molecule has 0 radical (unpaired) electrons. The lowest BCUT2D eigenvalue weighted by Gasteiger charge is -2.03. The predicted molar refractivity (Wildman–Crippen MR) is 187 cm³/mol. The fourth-order valence-electron chi connectivity index (χ4n) is 5.92. The summed E-state index contributed by atoms with van der Waals surface area (Å²) in [5.41, 5.74) is 0. The van der Waals surface area contributed by atoms with Crippen LogP contribution in [0.2, 0.25) is 0 Å². The number of unbranched alkanes of at least 4 members (excludes halogenated alkanes) is 26. The van der Waals surface area contributed by atoms with Crippen molar-refractivity contribution in [3.8, 4) is 0 Å². The molecular weight excluding hydrogens is 528 g/mol. The van der Waals surface area contributed by atoms with E-state index < -0.39 is 0 Å². The highest BCUT2D eigenvalue weighted by Crippen LogP contribution is 2.21. The summed E-state index contributed by atoms with van der Waals surface area (Å²) in [5, 5.41) is 6.03. The number of rotatable bonds is 32. The van der Waals surface area contributed by atoms with Crippen molar-refractivity contribution in [2.45, 2.75) is 212 Å². The zero-order chi connectivity index (χ0) is 31.1. The molecule has 43 heavy (non-hydrogen) atoms. The van der Waals surface area contributed by atoms with E-state index in [1.807, 2.05) is 12.2 Å². The lowest BCUT2D eigenvalue weighted by atomic mass is 10.0. The van der Waals surface area contributed by atoms with Crippen LogP contribution in [0.4, 0.5) is 0 Å². The second-order valence-corrected chi connectivity index (χ2v) is 13.3. The number of carbonyl (C=O) groups is 2. The summed E-state index contributed by atoms with van der Waals surface area (Å²) in [6.45, 7) is 4.56. The average Bonchev–Trinajstić information content (AvgIpc) is 3.73. The highest BCUT2D eigenvalue weighted by atomic mass is 16.2. The molecule has 4 nitrogen and oxygen atoms in total. The van der Waals surface area contributed by atoms with Crippen molar-refractivity contribution in [3.63, 3.8) is 0 Å². The summed E-state index contributed by atoms with van der Waals surface area (Å²) in [6.07, 6.45) is 45.5. The Balaban J connectivity index is 1.86. The van der Waals surface area contributed by atoms with Gasteiger partial charge in [0.15, 0.2) is 0 Å². The third-order valence-electron chi connectivity index (χ3n) is 8.93. The van der Waals surface area contributed by atoms with Crippen molar-refractivity contribution in [3.05, 3.63) is 24.3 Å². The summed E-state index contributed by atoms with van der Waals surface area (Å²) in [7, 11) is 0. The van der Waals surface area contributed by atoms with Crippen LogP contribution in [0.15, 0.2) is 24.3 Å². The molecule has 0 unspecified atom stereocenters. The number of hydrogen-bond donors (Lipinski definition) is 2. The molecule has 1 saturated carbocycles. The van der Waals surface area contributed by atoms with Gasteiger partial charge in [-0.15, -0.1) is 0 Å². The predicted octanol–water partition coefficient (Wildman–Crippen LogP) is 11.4. The lowest BCUT2D eigenvalue weighted by molar-refractivity contribution is -0.118. The molecule has 1 aliphatic carbocycles. The van der Waals surface area contributed by atoms with E-state index in [-0.39, 0.29) is 23.9 Å². The smallest absolute Gasteiger partial charge is 0.243 e. The fourth-order valence-corrected chi connectivity index (χ4v) is 5.92. The fraction of sp³-hybridized carbons (Fsp3) is 0.846. The topological polar surface area (TPSA) is 58.2 Å². The summed E-state index contributed by atoms with van der Waals surface area (Å²) < 4.78 is 0. The van der Waals surface area contributed by atoms with E-state index >= 15 is 0 Å². The van der Waals surface area contributed by atoms with Crippen LogP contribution >= 0.6 is 0 Å². The first-order valence-corrected chi connectivity index (χ1v) is 19.1. The van der Waals surface area contributed by atoms with Gasteiger partial charge in [-0.05, 0) is 44.3 Å². The van der Waals surface area contributed by atoms with Crippen molar-refractivity contribution < 1.29 is 9.59 Å². The first-order chi connectivity index (χ1) is 21.2. The second kappa shape index (κ2) is 30.4. The molecular formula is C39H72N2O2. The Morgan fingerprint density at radius 2 is 0.698 bits per heavy atom. The largest absolute Gasteiger partial charge is 0.348 e. The number of hydrogen-bond acceptors (Lipinski definition) is 2. The molecule has 0 bridgehead atoms.